The van der Waals surface area contributed by atoms with Crippen molar-refractivity contribution in [3.8, 4) is 11.3 Å². The van der Waals surface area contributed by atoms with Crippen molar-refractivity contribution in [1.29, 1.82) is 0 Å². The zero-order valence-corrected chi connectivity index (χ0v) is 16.0. The summed E-state index contributed by atoms with van der Waals surface area (Å²) in [6.07, 6.45) is 5.17. The first-order valence-electron chi connectivity index (χ1n) is 9.14. The number of amides is 1. The third-order valence-corrected chi connectivity index (χ3v) is 4.10. The maximum atomic E-state index is 12.3. The van der Waals surface area contributed by atoms with Crippen LogP contribution >= 0.6 is 0 Å². The number of anilines is 2. The van der Waals surface area contributed by atoms with Crippen molar-refractivity contribution in [3.63, 3.8) is 0 Å². The third-order valence-electron chi connectivity index (χ3n) is 4.10. The van der Waals surface area contributed by atoms with Gasteiger partial charge in [0, 0.05) is 48.6 Å². The second-order valence-corrected chi connectivity index (χ2v) is 6.11. The van der Waals surface area contributed by atoms with Crippen molar-refractivity contribution >= 4 is 17.5 Å². The average Bonchev–Trinajstić information content (AvgIpc) is 2.73. The predicted octanol–water partition coefficient (Wildman–Crippen LogP) is 3.36. The molecule has 0 saturated carbocycles. The summed E-state index contributed by atoms with van der Waals surface area (Å²) >= 11 is 0. The average molecular weight is 377 g/mol. The maximum absolute atomic E-state index is 12.3. The molecular formula is C21H23N5O2. The van der Waals surface area contributed by atoms with Crippen LogP contribution in [0.2, 0.25) is 0 Å². The molecule has 0 aliphatic heterocycles. The molecule has 144 valence electrons. The quantitative estimate of drug-likeness (QED) is 0.585. The first-order chi connectivity index (χ1) is 13.7. The fourth-order valence-electron chi connectivity index (χ4n) is 2.60. The molecule has 2 aromatic heterocycles. The maximum Gasteiger partial charge on any atom is 0.251 e. The van der Waals surface area contributed by atoms with Gasteiger partial charge in [-0.25, -0.2) is 9.97 Å². The van der Waals surface area contributed by atoms with E-state index in [1.54, 1.807) is 30.7 Å². The molecule has 0 spiro atoms. The molecule has 0 aliphatic carbocycles. The number of benzene rings is 1. The van der Waals surface area contributed by atoms with E-state index in [0.29, 0.717) is 31.3 Å². The first-order valence-corrected chi connectivity index (χ1v) is 9.14. The molecule has 0 radical (unpaired) electrons. The Labute approximate surface area is 164 Å². The molecular weight excluding hydrogens is 354 g/mol. The number of ether oxygens (including phenoxy) is 1. The van der Waals surface area contributed by atoms with Crippen LogP contribution in [-0.2, 0) is 4.74 Å². The molecule has 3 rings (SSSR count). The topological polar surface area (TPSA) is 89.0 Å². The van der Waals surface area contributed by atoms with Crippen LogP contribution in [0.1, 0.15) is 22.8 Å². The van der Waals surface area contributed by atoms with E-state index in [1.165, 1.54) is 0 Å². The summed E-state index contributed by atoms with van der Waals surface area (Å²) in [4.78, 5) is 25.3. The van der Waals surface area contributed by atoms with Crippen LogP contribution in [0.3, 0.4) is 0 Å². The minimum Gasteiger partial charge on any atom is -0.380 e. The molecule has 1 amide bonds. The number of nitrogens with one attached hydrogen (secondary N) is 2. The van der Waals surface area contributed by atoms with Crippen LogP contribution in [0.4, 0.5) is 11.6 Å². The van der Waals surface area contributed by atoms with Crippen LogP contribution in [0.25, 0.3) is 11.3 Å². The Hall–Kier alpha value is -3.32. The van der Waals surface area contributed by atoms with Crippen LogP contribution in [0.15, 0.2) is 55.0 Å². The number of rotatable bonds is 8. The first kappa shape index (κ1) is 19.4. The minimum absolute atomic E-state index is 0.146. The highest BCUT2D eigenvalue weighted by Gasteiger charge is 2.09. The van der Waals surface area contributed by atoms with Crippen molar-refractivity contribution in [2.24, 2.45) is 0 Å². The van der Waals surface area contributed by atoms with E-state index >= 15 is 0 Å². The van der Waals surface area contributed by atoms with E-state index in [2.05, 4.69) is 25.6 Å². The van der Waals surface area contributed by atoms with Gasteiger partial charge in [0.2, 0.25) is 5.95 Å². The van der Waals surface area contributed by atoms with Gasteiger partial charge in [0.25, 0.3) is 5.91 Å². The minimum atomic E-state index is -0.146. The molecule has 2 N–H and O–H groups in total. The number of nitrogens with zero attached hydrogens (tertiary/aromatic N) is 3. The van der Waals surface area contributed by atoms with E-state index in [4.69, 9.17) is 4.74 Å². The summed E-state index contributed by atoms with van der Waals surface area (Å²) in [5.74, 6) is 0.311. The fourth-order valence-corrected chi connectivity index (χ4v) is 2.60. The Morgan fingerprint density at radius 2 is 2.07 bits per heavy atom. The summed E-state index contributed by atoms with van der Waals surface area (Å²) in [6.45, 7) is 5.48. The smallest absolute Gasteiger partial charge is 0.251 e. The van der Waals surface area contributed by atoms with Crippen LogP contribution < -0.4 is 10.6 Å². The number of pyridine rings is 1. The molecule has 7 heteroatoms. The molecule has 1 aromatic carbocycles. The fraction of sp³-hybridized carbons (Fsp3) is 0.238. The summed E-state index contributed by atoms with van der Waals surface area (Å²) < 4.78 is 5.24. The van der Waals surface area contributed by atoms with Gasteiger partial charge >= 0.3 is 0 Å². The molecule has 2 heterocycles. The second-order valence-electron chi connectivity index (χ2n) is 6.11. The van der Waals surface area contributed by atoms with E-state index in [-0.39, 0.29) is 5.91 Å². The molecule has 7 nitrogen and oxygen atoms in total. The van der Waals surface area contributed by atoms with Gasteiger partial charge in [-0.05, 0) is 49.7 Å². The number of hydrogen-bond donors (Lipinski definition) is 2. The summed E-state index contributed by atoms with van der Waals surface area (Å²) in [5.41, 5.74) is 4.01. The van der Waals surface area contributed by atoms with Gasteiger partial charge in [0.1, 0.15) is 0 Å². The van der Waals surface area contributed by atoms with Gasteiger partial charge in [0.15, 0.2) is 0 Å². The zero-order chi connectivity index (χ0) is 19.8. The highest BCUT2D eigenvalue weighted by atomic mass is 16.5. The Balaban J connectivity index is 1.74. The molecule has 0 saturated heterocycles. The van der Waals surface area contributed by atoms with Crippen molar-refractivity contribution in [2.45, 2.75) is 13.8 Å². The molecule has 0 bridgehead atoms. The lowest BCUT2D eigenvalue weighted by atomic mass is 10.1. The molecule has 0 unspecified atom stereocenters. The Bertz CT molecular complexity index is 931. The number of aryl methyl sites for hydroxylation is 1. The molecule has 0 atom stereocenters. The standard InChI is InChI=1S/C21H23N5O2/c1-3-28-12-11-23-20(27)16-7-6-15(2)19(13-16)26-21-24-10-8-18(25-21)17-5-4-9-22-14-17/h4-10,13-14H,3,11-12H2,1-2H3,(H,23,27)(H,24,25,26). The molecule has 0 fully saturated rings. The number of carbonyl (C=O) groups excluding carboxylic acids is 1. The summed E-state index contributed by atoms with van der Waals surface area (Å²) in [7, 11) is 0. The van der Waals surface area contributed by atoms with Crippen molar-refractivity contribution < 1.29 is 9.53 Å². The monoisotopic (exact) mass is 377 g/mol. The Kier molecular flexibility index (Phi) is 6.64. The summed E-state index contributed by atoms with van der Waals surface area (Å²) in [6, 6.07) is 11.1. The lowest BCUT2D eigenvalue weighted by Crippen LogP contribution is -2.27. The van der Waals surface area contributed by atoms with E-state index in [9.17, 15) is 4.79 Å². The van der Waals surface area contributed by atoms with E-state index in [1.807, 2.05) is 38.1 Å². The van der Waals surface area contributed by atoms with Gasteiger partial charge in [-0.2, -0.15) is 0 Å². The second kappa shape index (κ2) is 9.57. The Morgan fingerprint density at radius 1 is 1.18 bits per heavy atom. The van der Waals surface area contributed by atoms with Crippen molar-refractivity contribution in [3.05, 3.63) is 66.1 Å². The van der Waals surface area contributed by atoms with Gasteiger partial charge in [0.05, 0.1) is 12.3 Å². The van der Waals surface area contributed by atoms with Gasteiger partial charge in [-0.3, -0.25) is 9.78 Å². The predicted molar refractivity (Wildman–Crippen MR) is 109 cm³/mol. The van der Waals surface area contributed by atoms with Gasteiger partial charge < -0.3 is 15.4 Å². The van der Waals surface area contributed by atoms with Crippen LogP contribution in [-0.4, -0.2) is 40.6 Å². The van der Waals surface area contributed by atoms with Crippen molar-refractivity contribution in [1.82, 2.24) is 20.3 Å². The van der Waals surface area contributed by atoms with Gasteiger partial charge in [-0.1, -0.05) is 6.07 Å². The van der Waals surface area contributed by atoms with Crippen LogP contribution in [0, 0.1) is 6.92 Å². The van der Waals surface area contributed by atoms with E-state index in [0.717, 1.165) is 22.5 Å². The largest absolute Gasteiger partial charge is 0.380 e. The SMILES string of the molecule is CCOCCNC(=O)c1ccc(C)c(Nc2nccc(-c3cccnc3)n2)c1. The zero-order valence-electron chi connectivity index (χ0n) is 16.0. The molecule has 28 heavy (non-hydrogen) atoms. The molecule has 0 aliphatic rings. The third kappa shape index (κ3) is 5.11. The normalized spacial score (nSPS) is 10.5. The summed E-state index contributed by atoms with van der Waals surface area (Å²) in [5, 5.41) is 6.05. The highest BCUT2D eigenvalue weighted by molar-refractivity contribution is 5.95. The van der Waals surface area contributed by atoms with Gasteiger partial charge in [-0.15, -0.1) is 0 Å². The number of aromatic nitrogens is 3. The lowest BCUT2D eigenvalue weighted by molar-refractivity contribution is 0.0922. The highest BCUT2D eigenvalue weighted by Crippen LogP contribution is 2.22. The van der Waals surface area contributed by atoms with Crippen LogP contribution in [0.5, 0.6) is 0 Å². The molecule has 3 aromatic rings. The number of carbonyl (C=O) groups is 1. The number of hydrogen-bond acceptors (Lipinski definition) is 6. The lowest BCUT2D eigenvalue weighted by Gasteiger charge is -2.11. The van der Waals surface area contributed by atoms with Crippen molar-refractivity contribution in [2.75, 3.05) is 25.1 Å². The van der Waals surface area contributed by atoms with E-state index < -0.39 is 0 Å². The Morgan fingerprint density at radius 3 is 2.86 bits per heavy atom.